The van der Waals surface area contributed by atoms with Gasteiger partial charge in [0.05, 0.1) is 0 Å². The van der Waals surface area contributed by atoms with E-state index < -0.39 is 0 Å². The maximum Gasteiger partial charge on any atom is 0.131 e. The number of rotatable bonds is 2. The van der Waals surface area contributed by atoms with Gasteiger partial charge in [-0.1, -0.05) is 0 Å². The number of anilines is 1. The fraction of sp³-hybridized carbons (Fsp3) is 0.600. The Labute approximate surface area is 84.4 Å². The zero-order valence-corrected chi connectivity index (χ0v) is 8.48. The molecule has 4 nitrogen and oxygen atoms in total. The van der Waals surface area contributed by atoms with Gasteiger partial charge in [-0.05, 0) is 32.0 Å². The lowest BCUT2D eigenvalue weighted by Crippen LogP contribution is -2.41. The quantitative estimate of drug-likeness (QED) is 0.747. The first kappa shape index (κ1) is 9.40. The highest BCUT2D eigenvalue weighted by Gasteiger charge is 2.18. The fourth-order valence-corrected chi connectivity index (χ4v) is 1.87. The van der Waals surface area contributed by atoms with E-state index in [1.54, 1.807) is 12.5 Å². The molecule has 1 aromatic heterocycles. The van der Waals surface area contributed by atoms with Gasteiger partial charge in [-0.2, -0.15) is 0 Å². The van der Waals surface area contributed by atoms with E-state index in [4.69, 9.17) is 0 Å². The molecule has 1 aromatic rings. The van der Waals surface area contributed by atoms with Gasteiger partial charge in [0.1, 0.15) is 12.1 Å². The molecule has 4 heteroatoms. The standard InChI is InChI=1S/C10H16N4/c1-14(9-2-5-11-6-3-9)10-4-7-12-8-13-10/h4,7-9,11H,2-3,5-6H2,1H3. The summed E-state index contributed by atoms with van der Waals surface area (Å²) in [6, 6.07) is 2.58. The van der Waals surface area contributed by atoms with Crippen molar-refractivity contribution in [1.82, 2.24) is 15.3 Å². The highest BCUT2D eigenvalue weighted by molar-refractivity contribution is 5.36. The van der Waals surface area contributed by atoms with Crippen molar-refractivity contribution in [2.24, 2.45) is 0 Å². The van der Waals surface area contributed by atoms with E-state index in [1.165, 1.54) is 12.8 Å². The van der Waals surface area contributed by atoms with Crippen molar-refractivity contribution in [1.29, 1.82) is 0 Å². The molecule has 1 aliphatic heterocycles. The van der Waals surface area contributed by atoms with E-state index in [0.717, 1.165) is 18.9 Å². The summed E-state index contributed by atoms with van der Waals surface area (Å²) in [7, 11) is 2.11. The van der Waals surface area contributed by atoms with E-state index in [2.05, 4.69) is 27.2 Å². The van der Waals surface area contributed by atoms with Crippen LogP contribution < -0.4 is 10.2 Å². The van der Waals surface area contributed by atoms with Gasteiger partial charge < -0.3 is 10.2 Å². The summed E-state index contributed by atoms with van der Waals surface area (Å²) in [4.78, 5) is 10.4. The van der Waals surface area contributed by atoms with Crippen molar-refractivity contribution < 1.29 is 0 Å². The SMILES string of the molecule is CN(c1ccncn1)C1CCNCC1. The highest BCUT2D eigenvalue weighted by atomic mass is 15.2. The second kappa shape index (κ2) is 4.37. The lowest BCUT2D eigenvalue weighted by Gasteiger charge is -2.32. The van der Waals surface area contributed by atoms with E-state index >= 15 is 0 Å². The molecule has 76 valence electrons. The van der Waals surface area contributed by atoms with Crippen LogP contribution in [0.4, 0.5) is 5.82 Å². The van der Waals surface area contributed by atoms with Crippen LogP contribution in [0, 0.1) is 0 Å². The molecule has 0 spiro atoms. The Balaban J connectivity index is 2.03. The van der Waals surface area contributed by atoms with Crippen molar-refractivity contribution in [3.63, 3.8) is 0 Å². The lowest BCUT2D eigenvalue weighted by atomic mass is 10.1. The monoisotopic (exact) mass is 192 g/mol. The van der Waals surface area contributed by atoms with Crippen molar-refractivity contribution >= 4 is 5.82 Å². The summed E-state index contributed by atoms with van der Waals surface area (Å²) in [5.74, 6) is 1.02. The van der Waals surface area contributed by atoms with E-state index in [-0.39, 0.29) is 0 Å². The molecule has 2 heterocycles. The van der Waals surface area contributed by atoms with Crippen LogP contribution in [-0.2, 0) is 0 Å². The van der Waals surface area contributed by atoms with Crippen LogP contribution in [0.2, 0.25) is 0 Å². The van der Waals surface area contributed by atoms with E-state index in [1.807, 2.05) is 6.07 Å². The zero-order chi connectivity index (χ0) is 9.80. The predicted molar refractivity (Wildman–Crippen MR) is 56.3 cm³/mol. The molecule has 1 fully saturated rings. The topological polar surface area (TPSA) is 41.1 Å². The van der Waals surface area contributed by atoms with Gasteiger partial charge in [0.15, 0.2) is 0 Å². The molecule has 0 radical (unpaired) electrons. The molecule has 2 rings (SSSR count). The third-order valence-electron chi connectivity index (χ3n) is 2.78. The molecule has 1 saturated heterocycles. The van der Waals surface area contributed by atoms with Crippen LogP contribution in [-0.4, -0.2) is 36.1 Å². The van der Waals surface area contributed by atoms with Crippen molar-refractivity contribution in [3.05, 3.63) is 18.6 Å². The summed E-state index contributed by atoms with van der Waals surface area (Å²) in [6.45, 7) is 2.22. The average molecular weight is 192 g/mol. The van der Waals surface area contributed by atoms with Crippen molar-refractivity contribution in [2.75, 3.05) is 25.0 Å². The van der Waals surface area contributed by atoms with Gasteiger partial charge >= 0.3 is 0 Å². The highest BCUT2D eigenvalue weighted by Crippen LogP contribution is 2.16. The van der Waals surface area contributed by atoms with Crippen LogP contribution in [0.1, 0.15) is 12.8 Å². The number of piperidine rings is 1. The van der Waals surface area contributed by atoms with Gasteiger partial charge in [0.2, 0.25) is 0 Å². The minimum absolute atomic E-state index is 0.617. The van der Waals surface area contributed by atoms with Crippen molar-refractivity contribution in [2.45, 2.75) is 18.9 Å². The average Bonchev–Trinajstić information content (AvgIpc) is 2.30. The molecule has 14 heavy (non-hydrogen) atoms. The second-order valence-electron chi connectivity index (χ2n) is 3.66. The molecule has 0 amide bonds. The maximum atomic E-state index is 4.25. The first-order valence-corrected chi connectivity index (χ1v) is 5.07. The van der Waals surface area contributed by atoms with Crippen LogP contribution in [0.25, 0.3) is 0 Å². The molecule has 1 N–H and O–H groups in total. The molecule has 0 aromatic carbocycles. The number of hydrogen-bond acceptors (Lipinski definition) is 4. The van der Waals surface area contributed by atoms with Gasteiger partial charge in [-0.15, -0.1) is 0 Å². The molecule has 0 unspecified atom stereocenters. The Morgan fingerprint density at radius 3 is 2.86 bits per heavy atom. The summed E-state index contributed by atoms with van der Waals surface area (Å²) in [5.41, 5.74) is 0. The first-order valence-electron chi connectivity index (χ1n) is 5.07. The zero-order valence-electron chi connectivity index (χ0n) is 8.48. The molecule has 0 bridgehead atoms. The van der Waals surface area contributed by atoms with Crippen LogP contribution in [0.15, 0.2) is 18.6 Å². The third-order valence-corrected chi connectivity index (χ3v) is 2.78. The maximum absolute atomic E-state index is 4.25. The molecule has 0 saturated carbocycles. The van der Waals surface area contributed by atoms with Gasteiger partial charge in [-0.3, -0.25) is 0 Å². The molecular formula is C10H16N4. The Hall–Kier alpha value is -1.16. The lowest BCUT2D eigenvalue weighted by molar-refractivity contribution is 0.441. The first-order chi connectivity index (χ1) is 6.88. The van der Waals surface area contributed by atoms with E-state index in [9.17, 15) is 0 Å². The molecule has 0 atom stereocenters. The van der Waals surface area contributed by atoms with Gasteiger partial charge in [0.25, 0.3) is 0 Å². The second-order valence-corrected chi connectivity index (χ2v) is 3.66. The van der Waals surface area contributed by atoms with Crippen molar-refractivity contribution in [3.8, 4) is 0 Å². The minimum atomic E-state index is 0.617. The summed E-state index contributed by atoms with van der Waals surface area (Å²) in [5, 5.41) is 3.36. The largest absolute Gasteiger partial charge is 0.357 e. The summed E-state index contributed by atoms with van der Waals surface area (Å²) < 4.78 is 0. The summed E-state index contributed by atoms with van der Waals surface area (Å²) in [6.07, 6.45) is 5.79. The van der Waals surface area contributed by atoms with Crippen LogP contribution in [0.3, 0.4) is 0 Å². The Morgan fingerprint density at radius 2 is 2.21 bits per heavy atom. The predicted octanol–water partition coefficient (Wildman–Crippen LogP) is 0.665. The smallest absolute Gasteiger partial charge is 0.131 e. The van der Waals surface area contributed by atoms with Crippen LogP contribution >= 0.6 is 0 Å². The van der Waals surface area contributed by atoms with Crippen LogP contribution in [0.5, 0.6) is 0 Å². The normalized spacial score (nSPS) is 18.1. The third kappa shape index (κ3) is 2.01. The Kier molecular flexibility index (Phi) is 2.93. The number of aromatic nitrogens is 2. The van der Waals surface area contributed by atoms with E-state index in [0.29, 0.717) is 6.04 Å². The number of hydrogen-bond donors (Lipinski definition) is 1. The minimum Gasteiger partial charge on any atom is -0.357 e. The Morgan fingerprint density at radius 1 is 1.43 bits per heavy atom. The fourth-order valence-electron chi connectivity index (χ4n) is 1.87. The number of nitrogens with zero attached hydrogens (tertiary/aromatic N) is 3. The molecule has 0 aliphatic carbocycles. The molecular weight excluding hydrogens is 176 g/mol. The Bertz CT molecular complexity index is 269. The summed E-state index contributed by atoms with van der Waals surface area (Å²) >= 11 is 0. The molecule has 1 aliphatic rings. The van der Waals surface area contributed by atoms with Gasteiger partial charge in [0, 0.05) is 19.3 Å². The van der Waals surface area contributed by atoms with Gasteiger partial charge in [-0.25, -0.2) is 9.97 Å². The number of nitrogens with one attached hydrogen (secondary N) is 1.